The molecular weight excluding hydrogens is 238 g/mol. The zero-order chi connectivity index (χ0) is 13.5. The van der Waals surface area contributed by atoms with E-state index in [9.17, 15) is 4.79 Å². The minimum absolute atomic E-state index is 0.252. The molecule has 0 aromatic heterocycles. The van der Waals surface area contributed by atoms with Crippen LogP contribution in [-0.4, -0.2) is 23.9 Å². The Kier molecular flexibility index (Phi) is 5.40. The molecule has 1 heterocycles. The average molecular weight is 261 g/mol. The largest absolute Gasteiger partial charge is 0.406 e. The molecule has 3 heteroatoms. The van der Waals surface area contributed by atoms with Crippen molar-refractivity contribution in [3.63, 3.8) is 0 Å². The molecule has 3 nitrogen and oxygen atoms in total. The lowest BCUT2D eigenvalue weighted by atomic mass is 9.91. The fraction of sp³-hybridized carbons (Fsp3) is 0.562. The van der Waals surface area contributed by atoms with Gasteiger partial charge in [0, 0.05) is 25.4 Å². The Hall–Kier alpha value is -1.35. The molecule has 1 fully saturated rings. The summed E-state index contributed by atoms with van der Waals surface area (Å²) in [6.45, 7) is 3.82. The second-order valence-electron chi connectivity index (χ2n) is 5.18. The van der Waals surface area contributed by atoms with Crippen LogP contribution in [0, 0.1) is 5.92 Å². The van der Waals surface area contributed by atoms with E-state index in [-0.39, 0.29) is 5.92 Å². The monoisotopic (exact) mass is 261 g/mol. The number of carbonyl (C=O) groups excluding carboxylic acids is 1. The molecule has 1 saturated heterocycles. The summed E-state index contributed by atoms with van der Waals surface area (Å²) in [5.41, 5.74) is 0. The number of rotatable bonds is 6. The molecule has 0 spiro atoms. The Morgan fingerprint density at radius 3 is 2.58 bits per heavy atom. The van der Waals surface area contributed by atoms with E-state index in [0.717, 1.165) is 50.9 Å². The average Bonchev–Trinajstić information content (AvgIpc) is 2.46. The first-order chi connectivity index (χ1) is 9.29. The number of unbranched alkanes of at least 4 members (excludes halogenated alkanes) is 1. The Bertz CT molecular complexity index is 383. The second-order valence-corrected chi connectivity index (χ2v) is 5.18. The number of hydrogen-bond acceptors (Lipinski definition) is 3. The fourth-order valence-corrected chi connectivity index (χ4v) is 2.45. The Morgan fingerprint density at radius 2 is 1.95 bits per heavy atom. The third-order valence-electron chi connectivity index (χ3n) is 3.66. The lowest BCUT2D eigenvalue weighted by molar-refractivity contribution is -0.129. The maximum Gasteiger partial charge on any atom is 0.147 e. The number of piperidine rings is 1. The van der Waals surface area contributed by atoms with Crippen molar-refractivity contribution >= 4 is 5.78 Å². The molecule has 0 saturated carbocycles. The van der Waals surface area contributed by atoms with Crippen LogP contribution in [0.15, 0.2) is 30.3 Å². The number of hydrogen-bond donors (Lipinski definition) is 0. The lowest BCUT2D eigenvalue weighted by Crippen LogP contribution is -2.38. The van der Waals surface area contributed by atoms with Gasteiger partial charge in [0.25, 0.3) is 0 Å². The van der Waals surface area contributed by atoms with Crippen molar-refractivity contribution in [1.29, 1.82) is 0 Å². The van der Waals surface area contributed by atoms with Crippen molar-refractivity contribution in [3.05, 3.63) is 30.3 Å². The summed E-state index contributed by atoms with van der Waals surface area (Å²) in [6.07, 6.45) is 4.73. The number of carbonyl (C=O) groups is 1. The predicted octanol–water partition coefficient (Wildman–Crippen LogP) is 3.45. The van der Waals surface area contributed by atoms with Gasteiger partial charge in [-0.1, -0.05) is 31.5 Å². The topological polar surface area (TPSA) is 29.5 Å². The summed E-state index contributed by atoms with van der Waals surface area (Å²) in [4.78, 5) is 17.7. The Morgan fingerprint density at radius 1 is 1.26 bits per heavy atom. The number of ketones is 1. The molecule has 1 aromatic carbocycles. The number of para-hydroxylation sites is 1. The van der Waals surface area contributed by atoms with E-state index >= 15 is 0 Å². The molecule has 2 rings (SSSR count). The molecule has 1 aliphatic rings. The van der Waals surface area contributed by atoms with Gasteiger partial charge in [0.05, 0.1) is 0 Å². The molecule has 0 N–H and O–H groups in total. The van der Waals surface area contributed by atoms with Gasteiger partial charge < -0.3 is 4.84 Å². The molecule has 1 aliphatic heterocycles. The molecule has 0 bridgehead atoms. The van der Waals surface area contributed by atoms with Gasteiger partial charge >= 0.3 is 0 Å². The number of benzene rings is 1. The lowest BCUT2D eigenvalue weighted by Gasteiger charge is -2.30. The summed E-state index contributed by atoms with van der Waals surface area (Å²) in [7, 11) is 0. The van der Waals surface area contributed by atoms with Crippen molar-refractivity contribution in [1.82, 2.24) is 5.06 Å². The van der Waals surface area contributed by atoms with Crippen molar-refractivity contribution in [3.8, 4) is 5.75 Å². The second kappa shape index (κ2) is 7.29. The minimum Gasteiger partial charge on any atom is -0.406 e. The van der Waals surface area contributed by atoms with E-state index in [1.54, 1.807) is 0 Å². The van der Waals surface area contributed by atoms with E-state index in [1.807, 2.05) is 35.4 Å². The number of nitrogens with zero attached hydrogens (tertiary/aromatic N) is 1. The van der Waals surface area contributed by atoms with Crippen LogP contribution >= 0.6 is 0 Å². The smallest absolute Gasteiger partial charge is 0.147 e. The van der Waals surface area contributed by atoms with Crippen LogP contribution in [-0.2, 0) is 4.79 Å². The van der Waals surface area contributed by atoms with E-state index in [0.29, 0.717) is 5.78 Å². The van der Waals surface area contributed by atoms with Crippen molar-refractivity contribution in [2.75, 3.05) is 13.1 Å². The van der Waals surface area contributed by atoms with Crippen LogP contribution < -0.4 is 4.84 Å². The fourth-order valence-electron chi connectivity index (χ4n) is 2.45. The Labute approximate surface area is 115 Å². The van der Waals surface area contributed by atoms with E-state index < -0.39 is 0 Å². The summed E-state index contributed by atoms with van der Waals surface area (Å²) in [5.74, 6) is 1.57. The van der Waals surface area contributed by atoms with E-state index in [4.69, 9.17) is 4.84 Å². The summed E-state index contributed by atoms with van der Waals surface area (Å²) < 4.78 is 0. The first kappa shape index (κ1) is 14.1. The van der Waals surface area contributed by atoms with Crippen LogP contribution in [0.25, 0.3) is 0 Å². The zero-order valence-electron chi connectivity index (χ0n) is 11.7. The van der Waals surface area contributed by atoms with Crippen LogP contribution in [0.5, 0.6) is 5.75 Å². The summed E-state index contributed by atoms with van der Waals surface area (Å²) in [6, 6.07) is 9.83. The number of hydroxylamine groups is 2. The maximum atomic E-state index is 12.0. The number of Topliss-reactive ketones (excluding diaryl/α,β-unsaturated/α-hetero) is 1. The molecule has 0 unspecified atom stereocenters. The van der Waals surface area contributed by atoms with Gasteiger partial charge in [-0.3, -0.25) is 4.79 Å². The molecule has 0 atom stereocenters. The third kappa shape index (κ3) is 4.35. The van der Waals surface area contributed by atoms with Gasteiger partial charge in [0.15, 0.2) is 0 Å². The highest BCUT2D eigenvalue weighted by Crippen LogP contribution is 2.22. The van der Waals surface area contributed by atoms with Crippen molar-refractivity contribution < 1.29 is 9.63 Å². The molecule has 0 amide bonds. The third-order valence-corrected chi connectivity index (χ3v) is 3.66. The van der Waals surface area contributed by atoms with E-state index in [2.05, 4.69) is 6.92 Å². The maximum absolute atomic E-state index is 12.0. The van der Waals surface area contributed by atoms with Gasteiger partial charge in [-0.2, -0.15) is 0 Å². The van der Waals surface area contributed by atoms with Crippen molar-refractivity contribution in [2.24, 2.45) is 5.92 Å². The van der Waals surface area contributed by atoms with Crippen molar-refractivity contribution in [2.45, 2.75) is 39.0 Å². The molecule has 0 radical (unpaired) electrons. The van der Waals surface area contributed by atoms with Crippen LogP contribution in [0.4, 0.5) is 0 Å². The quantitative estimate of drug-likeness (QED) is 0.785. The van der Waals surface area contributed by atoms with Crippen LogP contribution in [0.1, 0.15) is 39.0 Å². The molecule has 19 heavy (non-hydrogen) atoms. The zero-order valence-corrected chi connectivity index (χ0v) is 11.7. The highest BCUT2D eigenvalue weighted by molar-refractivity contribution is 5.81. The molecule has 104 valence electrons. The molecule has 0 aliphatic carbocycles. The van der Waals surface area contributed by atoms with Gasteiger partial charge in [-0.15, -0.1) is 5.06 Å². The molecule has 1 aromatic rings. The van der Waals surface area contributed by atoms with Gasteiger partial charge in [-0.05, 0) is 31.4 Å². The first-order valence-corrected chi connectivity index (χ1v) is 7.30. The predicted molar refractivity (Wildman–Crippen MR) is 75.9 cm³/mol. The van der Waals surface area contributed by atoms with Crippen LogP contribution in [0.3, 0.4) is 0 Å². The van der Waals surface area contributed by atoms with Gasteiger partial charge in [0.2, 0.25) is 0 Å². The SMILES string of the molecule is CCCCC(=O)C1CCN(Oc2ccccc2)CC1. The van der Waals surface area contributed by atoms with Crippen LogP contribution in [0.2, 0.25) is 0 Å². The minimum atomic E-state index is 0.252. The highest BCUT2D eigenvalue weighted by atomic mass is 16.7. The van der Waals surface area contributed by atoms with Gasteiger partial charge in [-0.25, -0.2) is 0 Å². The van der Waals surface area contributed by atoms with Gasteiger partial charge in [0.1, 0.15) is 11.5 Å². The molecular formula is C16H23NO2. The Balaban J connectivity index is 1.75. The standard InChI is InChI=1S/C16H23NO2/c1-2-3-9-16(18)14-10-12-17(13-11-14)19-15-7-5-4-6-8-15/h4-8,14H,2-3,9-13H2,1H3. The summed E-state index contributed by atoms with van der Waals surface area (Å²) in [5, 5.41) is 1.97. The van der Waals surface area contributed by atoms with E-state index in [1.165, 1.54) is 0 Å². The summed E-state index contributed by atoms with van der Waals surface area (Å²) >= 11 is 0. The highest BCUT2D eigenvalue weighted by Gasteiger charge is 2.25. The normalized spacial score (nSPS) is 17.3. The first-order valence-electron chi connectivity index (χ1n) is 7.30.